The number of amides is 2. The molecular formula is C25H34ClN3O4S. The lowest BCUT2D eigenvalue weighted by Crippen LogP contribution is -2.51. The van der Waals surface area contributed by atoms with Crippen LogP contribution < -0.4 is 9.62 Å². The Balaban J connectivity index is 2.43. The summed E-state index contributed by atoms with van der Waals surface area (Å²) in [6.07, 6.45) is 1.07. The van der Waals surface area contributed by atoms with Crippen LogP contribution in [0.4, 0.5) is 5.69 Å². The highest BCUT2D eigenvalue weighted by Gasteiger charge is 2.31. The van der Waals surface area contributed by atoms with E-state index < -0.39 is 28.5 Å². The molecule has 2 aromatic carbocycles. The van der Waals surface area contributed by atoms with Gasteiger partial charge in [0.2, 0.25) is 21.8 Å². The molecule has 0 radical (unpaired) electrons. The molecule has 0 unspecified atom stereocenters. The van der Waals surface area contributed by atoms with Crippen molar-refractivity contribution in [3.05, 3.63) is 64.2 Å². The van der Waals surface area contributed by atoms with Gasteiger partial charge in [-0.25, -0.2) is 8.42 Å². The number of nitrogens with one attached hydrogen (secondary N) is 1. The number of benzene rings is 2. The maximum Gasteiger partial charge on any atom is 0.244 e. The van der Waals surface area contributed by atoms with Crippen molar-refractivity contribution < 1.29 is 18.0 Å². The Bertz CT molecular complexity index is 1130. The number of sulfonamides is 1. The van der Waals surface area contributed by atoms with E-state index in [2.05, 4.69) is 5.32 Å². The summed E-state index contributed by atoms with van der Waals surface area (Å²) < 4.78 is 26.5. The fourth-order valence-corrected chi connectivity index (χ4v) is 4.52. The molecule has 2 aromatic rings. The van der Waals surface area contributed by atoms with Crippen molar-refractivity contribution in [3.63, 3.8) is 0 Å². The van der Waals surface area contributed by atoms with Crippen molar-refractivity contribution in [1.82, 2.24) is 10.2 Å². The summed E-state index contributed by atoms with van der Waals surface area (Å²) in [5.74, 6) is -0.570. The second kappa shape index (κ2) is 11.7. The molecule has 2 rings (SSSR count). The van der Waals surface area contributed by atoms with E-state index in [0.717, 1.165) is 21.7 Å². The Kier molecular flexibility index (Phi) is 9.53. The number of hydrogen-bond acceptors (Lipinski definition) is 4. The molecule has 0 fully saturated rings. The van der Waals surface area contributed by atoms with Gasteiger partial charge in [-0.1, -0.05) is 55.8 Å². The molecule has 0 aromatic heterocycles. The van der Waals surface area contributed by atoms with Crippen LogP contribution >= 0.6 is 11.6 Å². The first kappa shape index (κ1) is 27.7. The lowest BCUT2D eigenvalue weighted by Gasteiger charge is -2.32. The molecule has 2 amide bonds. The number of rotatable bonds is 10. The maximum atomic E-state index is 13.6. The van der Waals surface area contributed by atoms with Gasteiger partial charge >= 0.3 is 0 Å². The van der Waals surface area contributed by atoms with Crippen molar-refractivity contribution in [2.24, 2.45) is 5.92 Å². The number of hydrogen-bond donors (Lipinski definition) is 1. The molecule has 186 valence electrons. The largest absolute Gasteiger partial charge is 0.354 e. The van der Waals surface area contributed by atoms with Gasteiger partial charge in [0, 0.05) is 18.1 Å². The average molecular weight is 508 g/mol. The minimum absolute atomic E-state index is 0.0686. The molecule has 0 saturated carbocycles. The van der Waals surface area contributed by atoms with E-state index >= 15 is 0 Å². The third-order valence-corrected chi connectivity index (χ3v) is 6.96. The van der Waals surface area contributed by atoms with Crippen molar-refractivity contribution in [2.75, 3.05) is 23.7 Å². The molecule has 0 aliphatic heterocycles. The topological polar surface area (TPSA) is 86.8 Å². The second-order valence-corrected chi connectivity index (χ2v) is 11.3. The van der Waals surface area contributed by atoms with Gasteiger partial charge in [-0.3, -0.25) is 13.9 Å². The lowest BCUT2D eigenvalue weighted by atomic mass is 10.1. The third-order valence-electron chi connectivity index (χ3n) is 5.46. The molecule has 0 saturated heterocycles. The first-order valence-corrected chi connectivity index (χ1v) is 13.4. The van der Waals surface area contributed by atoms with Crippen LogP contribution in [0.5, 0.6) is 0 Å². The zero-order chi connectivity index (χ0) is 25.6. The summed E-state index contributed by atoms with van der Waals surface area (Å²) in [6.45, 7) is 9.34. The first-order chi connectivity index (χ1) is 15.8. The Labute approximate surface area is 208 Å². The lowest BCUT2D eigenvalue weighted by molar-refractivity contribution is -0.139. The number of halogens is 1. The van der Waals surface area contributed by atoms with Crippen LogP contribution in [0.3, 0.4) is 0 Å². The molecular weight excluding hydrogens is 474 g/mol. The summed E-state index contributed by atoms with van der Waals surface area (Å²) in [5, 5.41) is 3.31. The smallest absolute Gasteiger partial charge is 0.244 e. The number of aryl methyl sites for hydroxylation is 2. The highest BCUT2D eigenvalue weighted by Crippen LogP contribution is 2.25. The Morgan fingerprint density at radius 2 is 1.71 bits per heavy atom. The van der Waals surface area contributed by atoms with Crippen LogP contribution in [-0.2, 0) is 26.2 Å². The van der Waals surface area contributed by atoms with E-state index in [-0.39, 0.29) is 18.4 Å². The quantitative estimate of drug-likeness (QED) is 0.528. The van der Waals surface area contributed by atoms with Crippen LogP contribution in [-0.4, -0.2) is 50.5 Å². The van der Waals surface area contributed by atoms with Gasteiger partial charge < -0.3 is 10.2 Å². The van der Waals surface area contributed by atoms with Gasteiger partial charge in [0.15, 0.2) is 0 Å². The summed E-state index contributed by atoms with van der Waals surface area (Å²) >= 11 is 6.33. The van der Waals surface area contributed by atoms with Gasteiger partial charge in [-0.05, 0) is 55.5 Å². The molecule has 34 heavy (non-hydrogen) atoms. The van der Waals surface area contributed by atoms with Gasteiger partial charge in [0.1, 0.15) is 12.6 Å². The van der Waals surface area contributed by atoms with Crippen molar-refractivity contribution in [1.29, 1.82) is 0 Å². The second-order valence-electron chi connectivity index (χ2n) is 8.99. The standard InChI is InChI=1S/C25H34ClN3O4S/c1-17(2)14-27-25(31)20(5)28(15-21-9-7-8-10-22(21)26)24(30)16-29(34(6,32)33)23-13-18(3)11-12-19(23)4/h7-13,17,20H,14-16H2,1-6H3,(H,27,31)/t20-/m0/s1. The third kappa shape index (κ3) is 7.46. The molecule has 0 spiro atoms. The molecule has 1 atom stereocenters. The maximum absolute atomic E-state index is 13.6. The van der Waals surface area contributed by atoms with Gasteiger partial charge in [0.05, 0.1) is 11.9 Å². The van der Waals surface area contributed by atoms with E-state index in [1.165, 1.54) is 4.90 Å². The Morgan fingerprint density at radius 1 is 1.06 bits per heavy atom. The van der Waals surface area contributed by atoms with Crippen molar-refractivity contribution in [2.45, 2.75) is 47.2 Å². The zero-order valence-electron chi connectivity index (χ0n) is 20.6. The van der Waals surface area contributed by atoms with Crippen molar-refractivity contribution in [3.8, 4) is 0 Å². The average Bonchev–Trinajstić information content (AvgIpc) is 2.75. The minimum Gasteiger partial charge on any atom is -0.354 e. The molecule has 7 nitrogen and oxygen atoms in total. The van der Waals surface area contributed by atoms with Crippen LogP contribution in [0.15, 0.2) is 42.5 Å². The number of nitrogens with zero attached hydrogens (tertiary/aromatic N) is 2. The van der Waals surface area contributed by atoms with E-state index in [1.807, 2.05) is 32.9 Å². The summed E-state index contributed by atoms with van der Waals surface area (Å²) in [6, 6.07) is 11.7. The molecule has 0 aliphatic rings. The number of carbonyl (C=O) groups excluding carboxylic acids is 2. The minimum atomic E-state index is -3.78. The summed E-state index contributed by atoms with van der Waals surface area (Å²) in [7, 11) is -3.78. The van der Waals surface area contributed by atoms with Crippen molar-refractivity contribution >= 4 is 39.1 Å². The van der Waals surface area contributed by atoms with Crippen LogP contribution in [0.1, 0.15) is 37.5 Å². The van der Waals surface area contributed by atoms with Gasteiger partial charge in [0.25, 0.3) is 0 Å². The van der Waals surface area contributed by atoms with Crippen LogP contribution in [0.25, 0.3) is 0 Å². The Morgan fingerprint density at radius 3 is 2.29 bits per heavy atom. The molecule has 1 N–H and O–H groups in total. The fraction of sp³-hybridized carbons (Fsp3) is 0.440. The summed E-state index contributed by atoms with van der Waals surface area (Å²) in [5.41, 5.74) is 2.70. The predicted octanol–water partition coefficient (Wildman–Crippen LogP) is 3.91. The highest BCUT2D eigenvalue weighted by atomic mass is 35.5. The summed E-state index contributed by atoms with van der Waals surface area (Å²) in [4.78, 5) is 27.8. The van der Waals surface area contributed by atoms with E-state index in [4.69, 9.17) is 11.6 Å². The first-order valence-electron chi connectivity index (χ1n) is 11.2. The molecule has 9 heteroatoms. The SMILES string of the molecule is Cc1ccc(C)c(N(CC(=O)N(Cc2ccccc2Cl)[C@@H](C)C(=O)NCC(C)C)S(C)(=O)=O)c1. The normalized spacial score (nSPS) is 12.4. The predicted molar refractivity (Wildman–Crippen MR) is 137 cm³/mol. The molecule has 0 aliphatic carbocycles. The monoisotopic (exact) mass is 507 g/mol. The van der Waals surface area contributed by atoms with E-state index in [1.54, 1.807) is 44.2 Å². The zero-order valence-corrected chi connectivity index (χ0v) is 22.2. The fourth-order valence-electron chi connectivity index (χ4n) is 3.43. The van der Waals surface area contributed by atoms with E-state index in [9.17, 15) is 18.0 Å². The van der Waals surface area contributed by atoms with Gasteiger partial charge in [-0.2, -0.15) is 0 Å². The molecule has 0 bridgehead atoms. The number of carbonyl (C=O) groups is 2. The Hall–Kier alpha value is -2.58. The highest BCUT2D eigenvalue weighted by molar-refractivity contribution is 7.92. The van der Waals surface area contributed by atoms with Crippen LogP contribution in [0.2, 0.25) is 5.02 Å². The van der Waals surface area contributed by atoms with E-state index in [0.29, 0.717) is 22.8 Å². The molecule has 0 heterocycles. The number of anilines is 1. The van der Waals surface area contributed by atoms with Gasteiger partial charge in [-0.15, -0.1) is 0 Å². The van der Waals surface area contributed by atoms with Crippen LogP contribution in [0, 0.1) is 19.8 Å².